The van der Waals surface area contributed by atoms with Crippen LogP contribution in [0.25, 0.3) is 0 Å². The molecule has 1 heterocycles. The van der Waals surface area contributed by atoms with Gasteiger partial charge in [-0.05, 0) is 30.9 Å². The van der Waals surface area contributed by atoms with Crippen LogP contribution < -0.4 is 19.9 Å². The molecule has 0 aromatic heterocycles. The van der Waals surface area contributed by atoms with Crippen molar-refractivity contribution in [2.75, 3.05) is 19.8 Å². The third-order valence-electron chi connectivity index (χ3n) is 3.77. The smallest absolute Gasteiger partial charge is 0.240 e. The summed E-state index contributed by atoms with van der Waals surface area (Å²) < 4.78 is 38.2. The highest BCUT2D eigenvalue weighted by Gasteiger charge is 2.29. The van der Waals surface area contributed by atoms with Crippen molar-refractivity contribution < 1.29 is 17.9 Å². The van der Waals surface area contributed by atoms with E-state index in [1.54, 1.807) is 6.07 Å². The van der Waals surface area contributed by atoms with Crippen molar-refractivity contribution in [3.05, 3.63) is 18.2 Å². The zero-order valence-electron chi connectivity index (χ0n) is 12.2. The van der Waals surface area contributed by atoms with Crippen LogP contribution in [0.15, 0.2) is 23.1 Å². The maximum atomic E-state index is 12.3. The number of nitrogens with one attached hydrogen (secondary N) is 1. The minimum absolute atomic E-state index is 0. The number of hydrogen-bond donors (Lipinski definition) is 2. The largest absolute Gasteiger partial charge is 0.490 e. The van der Waals surface area contributed by atoms with Crippen molar-refractivity contribution >= 4 is 22.4 Å². The molecule has 1 saturated carbocycles. The molecule has 3 rings (SSSR count). The molecule has 1 atom stereocenters. The topological polar surface area (TPSA) is 90.7 Å². The summed E-state index contributed by atoms with van der Waals surface area (Å²) in [6.45, 7) is 1.37. The van der Waals surface area contributed by atoms with Crippen LogP contribution in [0.1, 0.15) is 19.3 Å². The summed E-state index contributed by atoms with van der Waals surface area (Å²) in [5.74, 6) is 1.51. The normalized spacial score (nSPS) is 19.0. The zero-order valence-corrected chi connectivity index (χ0v) is 13.8. The highest BCUT2D eigenvalue weighted by Crippen LogP contribution is 2.33. The number of benzene rings is 1. The van der Waals surface area contributed by atoms with Gasteiger partial charge in [0, 0.05) is 25.1 Å². The van der Waals surface area contributed by atoms with Crippen LogP contribution in [0, 0.1) is 5.92 Å². The predicted octanol–water partition coefficient (Wildman–Crippen LogP) is 1.29. The van der Waals surface area contributed by atoms with E-state index in [0.717, 1.165) is 19.3 Å². The van der Waals surface area contributed by atoms with Crippen LogP contribution in [-0.2, 0) is 10.0 Å². The van der Waals surface area contributed by atoms with Gasteiger partial charge >= 0.3 is 0 Å². The van der Waals surface area contributed by atoms with Crippen molar-refractivity contribution in [2.24, 2.45) is 11.7 Å². The first-order valence-corrected chi connectivity index (χ1v) is 8.69. The van der Waals surface area contributed by atoms with Gasteiger partial charge in [0.2, 0.25) is 10.0 Å². The summed E-state index contributed by atoms with van der Waals surface area (Å²) in [7, 11) is -3.57. The van der Waals surface area contributed by atoms with E-state index in [9.17, 15) is 8.42 Å². The summed E-state index contributed by atoms with van der Waals surface area (Å²) in [5.41, 5.74) is 5.92. The van der Waals surface area contributed by atoms with Crippen molar-refractivity contribution in [3.63, 3.8) is 0 Å². The number of sulfonamides is 1. The Bertz CT molecular complexity index is 619. The average molecular weight is 349 g/mol. The van der Waals surface area contributed by atoms with E-state index in [1.807, 2.05) is 0 Å². The highest BCUT2D eigenvalue weighted by atomic mass is 35.5. The summed E-state index contributed by atoms with van der Waals surface area (Å²) in [5, 5.41) is 0. The molecule has 2 aliphatic rings. The maximum Gasteiger partial charge on any atom is 0.240 e. The van der Waals surface area contributed by atoms with E-state index in [-0.39, 0.29) is 29.9 Å². The van der Waals surface area contributed by atoms with Gasteiger partial charge in [0.1, 0.15) is 0 Å². The van der Waals surface area contributed by atoms with Crippen LogP contribution >= 0.6 is 12.4 Å². The molecule has 8 heteroatoms. The Labute approximate surface area is 136 Å². The number of rotatable bonds is 5. The van der Waals surface area contributed by atoms with Gasteiger partial charge in [-0.25, -0.2) is 13.1 Å². The highest BCUT2D eigenvalue weighted by molar-refractivity contribution is 7.89. The second-order valence-electron chi connectivity index (χ2n) is 5.51. The van der Waals surface area contributed by atoms with Gasteiger partial charge in [0.05, 0.1) is 18.1 Å². The Morgan fingerprint density at radius 1 is 1.23 bits per heavy atom. The second-order valence-corrected chi connectivity index (χ2v) is 7.28. The minimum Gasteiger partial charge on any atom is -0.490 e. The molecule has 0 spiro atoms. The van der Waals surface area contributed by atoms with Gasteiger partial charge in [-0.15, -0.1) is 12.4 Å². The average Bonchev–Trinajstić information content (AvgIpc) is 3.30. The fourth-order valence-corrected chi connectivity index (χ4v) is 3.38. The Morgan fingerprint density at radius 3 is 2.59 bits per heavy atom. The van der Waals surface area contributed by atoms with E-state index >= 15 is 0 Å². The molecule has 1 unspecified atom stereocenters. The lowest BCUT2D eigenvalue weighted by Gasteiger charge is -2.13. The molecular formula is C14H21ClN2O4S. The van der Waals surface area contributed by atoms with Gasteiger partial charge in [0.15, 0.2) is 11.5 Å². The van der Waals surface area contributed by atoms with Crippen molar-refractivity contribution in [1.82, 2.24) is 4.72 Å². The van der Waals surface area contributed by atoms with Crippen molar-refractivity contribution in [2.45, 2.75) is 30.2 Å². The maximum absolute atomic E-state index is 12.3. The fourth-order valence-electron chi connectivity index (χ4n) is 2.29. The van der Waals surface area contributed by atoms with E-state index in [1.165, 1.54) is 12.1 Å². The molecule has 0 bridgehead atoms. The van der Waals surface area contributed by atoms with E-state index in [4.69, 9.17) is 15.2 Å². The standard InChI is InChI=1S/C14H20N2O4S.ClH/c15-12(10-2-3-10)9-16-21(17,18)11-4-5-13-14(8-11)20-7-1-6-19-13;/h4-5,8,10,12,16H,1-3,6-7,9,15H2;1H. The van der Waals surface area contributed by atoms with Gasteiger partial charge in [-0.1, -0.05) is 0 Å². The number of halogens is 1. The molecule has 0 saturated heterocycles. The SMILES string of the molecule is Cl.NC(CNS(=O)(=O)c1ccc2c(c1)OCCCO2)C1CC1. The molecule has 1 aromatic carbocycles. The van der Waals surface area contributed by atoms with E-state index in [0.29, 0.717) is 30.6 Å². The molecule has 22 heavy (non-hydrogen) atoms. The van der Waals surface area contributed by atoms with Crippen molar-refractivity contribution in [1.29, 1.82) is 0 Å². The van der Waals surface area contributed by atoms with Gasteiger partial charge in [-0.3, -0.25) is 0 Å². The summed E-state index contributed by atoms with van der Waals surface area (Å²) >= 11 is 0. The van der Waals surface area contributed by atoms with Crippen LogP contribution in [0.5, 0.6) is 11.5 Å². The summed E-state index contributed by atoms with van der Waals surface area (Å²) in [6.07, 6.45) is 2.96. The first-order chi connectivity index (χ1) is 10.1. The minimum atomic E-state index is -3.57. The van der Waals surface area contributed by atoms with Crippen LogP contribution in [-0.4, -0.2) is 34.2 Å². The third-order valence-corrected chi connectivity index (χ3v) is 5.19. The molecule has 1 aliphatic heterocycles. The van der Waals surface area contributed by atoms with Gasteiger partial charge in [-0.2, -0.15) is 0 Å². The quantitative estimate of drug-likeness (QED) is 0.836. The van der Waals surface area contributed by atoms with Crippen molar-refractivity contribution in [3.8, 4) is 11.5 Å². The molecule has 6 nitrogen and oxygen atoms in total. The third kappa shape index (κ3) is 4.04. The molecule has 124 valence electrons. The monoisotopic (exact) mass is 348 g/mol. The summed E-state index contributed by atoms with van der Waals surface area (Å²) in [4.78, 5) is 0.176. The lowest BCUT2D eigenvalue weighted by Crippen LogP contribution is -2.38. The molecule has 1 aromatic rings. The van der Waals surface area contributed by atoms with Gasteiger partial charge in [0.25, 0.3) is 0 Å². The Morgan fingerprint density at radius 2 is 1.91 bits per heavy atom. The van der Waals surface area contributed by atoms with Gasteiger partial charge < -0.3 is 15.2 Å². The molecule has 1 fully saturated rings. The van der Waals surface area contributed by atoms with Crippen LogP contribution in [0.2, 0.25) is 0 Å². The molecule has 0 radical (unpaired) electrons. The number of fused-ring (bicyclic) bond motifs is 1. The first-order valence-electron chi connectivity index (χ1n) is 7.21. The Hall–Kier alpha value is -1.02. The zero-order chi connectivity index (χ0) is 14.9. The first kappa shape index (κ1) is 17.3. The number of nitrogens with two attached hydrogens (primary N) is 1. The molecule has 0 amide bonds. The molecule has 3 N–H and O–H groups in total. The lowest BCUT2D eigenvalue weighted by atomic mass is 10.2. The Balaban J connectivity index is 0.00000176. The predicted molar refractivity (Wildman–Crippen MR) is 85.2 cm³/mol. The lowest BCUT2D eigenvalue weighted by molar-refractivity contribution is 0.297. The van der Waals surface area contributed by atoms with E-state index in [2.05, 4.69) is 4.72 Å². The van der Waals surface area contributed by atoms with E-state index < -0.39 is 10.0 Å². The van der Waals surface area contributed by atoms with Crippen LogP contribution in [0.3, 0.4) is 0 Å². The fraction of sp³-hybridized carbons (Fsp3) is 0.571. The van der Waals surface area contributed by atoms with Crippen LogP contribution in [0.4, 0.5) is 0 Å². The Kier molecular flexibility index (Phi) is 5.55. The summed E-state index contributed by atoms with van der Waals surface area (Å²) in [6, 6.07) is 4.56. The second kappa shape index (κ2) is 7.04. The number of ether oxygens (including phenoxy) is 2. The molecule has 1 aliphatic carbocycles. The number of hydrogen-bond acceptors (Lipinski definition) is 5. The molecular weight excluding hydrogens is 328 g/mol.